The Balaban J connectivity index is 2.11. The summed E-state index contributed by atoms with van der Waals surface area (Å²) in [6, 6.07) is 3.56. The molecular weight excluding hydrogens is 272 g/mol. The van der Waals surface area contributed by atoms with Crippen LogP contribution in [0.3, 0.4) is 0 Å². The van der Waals surface area contributed by atoms with Gasteiger partial charge in [-0.15, -0.1) is 0 Å². The minimum atomic E-state index is -1.47. The number of hydrogen-bond acceptors (Lipinski definition) is 6. The molecule has 0 saturated carbocycles. The summed E-state index contributed by atoms with van der Waals surface area (Å²) in [5.41, 5.74) is 0.697. The largest absolute Gasteiger partial charge is 0.462 e. The van der Waals surface area contributed by atoms with Gasteiger partial charge in [-0.3, -0.25) is 9.00 Å². The van der Waals surface area contributed by atoms with Crippen molar-refractivity contribution in [1.82, 2.24) is 9.97 Å². The molecule has 96 valence electrons. The zero-order valence-corrected chi connectivity index (χ0v) is 11.6. The minimum absolute atomic E-state index is 0.169. The topological polar surface area (TPSA) is 69.2 Å². The molecule has 18 heavy (non-hydrogen) atoms. The summed E-state index contributed by atoms with van der Waals surface area (Å²) in [7, 11) is -1.47. The fourth-order valence-corrected chi connectivity index (χ4v) is 3.35. The van der Waals surface area contributed by atoms with Crippen LogP contribution in [0.4, 0.5) is 0 Å². The standard InChI is InChI=1S/C11H12N2O3S2/c1-7(2)16-9(14)6-18(15)11-13-8-4-3-5-12-10(8)17-11/h3-5,7H,6H2,1-2H3. The van der Waals surface area contributed by atoms with Gasteiger partial charge in [-0.25, -0.2) is 9.97 Å². The second-order valence-corrected chi connectivity index (χ2v) is 6.44. The zero-order chi connectivity index (χ0) is 13.1. The van der Waals surface area contributed by atoms with Crippen LogP contribution in [-0.2, 0) is 20.3 Å². The van der Waals surface area contributed by atoms with Crippen LogP contribution >= 0.6 is 11.3 Å². The lowest BCUT2D eigenvalue weighted by atomic mass is 10.5. The maximum Gasteiger partial charge on any atom is 0.319 e. The third-order valence-corrected chi connectivity index (χ3v) is 4.52. The summed E-state index contributed by atoms with van der Waals surface area (Å²) in [6.07, 6.45) is 1.45. The Bertz CT molecular complexity index is 562. The lowest BCUT2D eigenvalue weighted by molar-refractivity contribution is -0.144. The van der Waals surface area contributed by atoms with Crippen LogP contribution in [-0.4, -0.2) is 32.0 Å². The summed E-state index contributed by atoms with van der Waals surface area (Å²) in [4.78, 5) is 20.4. The van der Waals surface area contributed by atoms with E-state index in [1.165, 1.54) is 11.3 Å². The molecule has 0 aliphatic carbocycles. The summed E-state index contributed by atoms with van der Waals surface area (Å²) in [5.74, 6) is -0.645. The van der Waals surface area contributed by atoms with Gasteiger partial charge in [0.1, 0.15) is 16.1 Å². The predicted molar refractivity (Wildman–Crippen MR) is 69.9 cm³/mol. The van der Waals surface area contributed by atoms with Gasteiger partial charge in [-0.1, -0.05) is 11.3 Å². The van der Waals surface area contributed by atoms with E-state index in [0.717, 1.165) is 4.83 Å². The van der Waals surface area contributed by atoms with Crippen molar-refractivity contribution in [3.63, 3.8) is 0 Å². The van der Waals surface area contributed by atoms with E-state index in [2.05, 4.69) is 9.97 Å². The number of rotatable bonds is 4. The van der Waals surface area contributed by atoms with E-state index in [9.17, 15) is 9.00 Å². The molecule has 2 aromatic heterocycles. The second-order valence-electron chi connectivity index (χ2n) is 3.84. The van der Waals surface area contributed by atoms with Crippen molar-refractivity contribution in [2.24, 2.45) is 0 Å². The lowest BCUT2D eigenvalue weighted by Gasteiger charge is -2.06. The van der Waals surface area contributed by atoms with E-state index in [1.807, 2.05) is 0 Å². The molecule has 0 fully saturated rings. The Morgan fingerprint density at radius 2 is 2.33 bits per heavy atom. The Labute approximate surface area is 111 Å². The average Bonchev–Trinajstić information content (AvgIpc) is 2.71. The number of thiazole rings is 1. The van der Waals surface area contributed by atoms with Crippen LogP contribution in [0.25, 0.3) is 10.3 Å². The number of ether oxygens (including phenoxy) is 1. The second kappa shape index (κ2) is 5.53. The molecule has 0 amide bonds. The summed E-state index contributed by atoms with van der Waals surface area (Å²) in [6.45, 7) is 3.50. The summed E-state index contributed by atoms with van der Waals surface area (Å²) < 4.78 is 17.3. The first-order valence-electron chi connectivity index (χ1n) is 5.35. The fraction of sp³-hybridized carbons (Fsp3) is 0.364. The van der Waals surface area contributed by atoms with Gasteiger partial charge in [0.25, 0.3) is 0 Å². The average molecular weight is 284 g/mol. The van der Waals surface area contributed by atoms with Crippen molar-refractivity contribution in [2.45, 2.75) is 24.3 Å². The van der Waals surface area contributed by atoms with Crippen LogP contribution in [0, 0.1) is 0 Å². The molecule has 5 nitrogen and oxygen atoms in total. The number of aromatic nitrogens is 2. The molecular formula is C11H12N2O3S2. The van der Waals surface area contributed by atoms with Gasteiger partial charge < -0.3 is 4.74 Å². The molecule has 1 unspecified atom stereocenters. The van der Waals surface area contributed by atoms with Crippen molar-refractivity contribution in [1.29, 1.82) is 0 Å². The highest BCUT2D eigenvalue weighted by molar-refractivity contribution is 7.88. The Morgan fingerprint density at radius 3 is 3.00 bits per heavy atom. The number of carbonyl (C=O) groups is 1. The van der Waals surface area contributed by atoms with E-state index in [0.29, 0.717) is 9.86 Å². The molecule has 0 spiro atoms. The van der Waals surface area contributed by atoms with Crippen molar-refractivity contribution in [3.05, 3.63) is 18.3 Å². The molecule has 0 bridgehead atoms. The van der Waals surface area contributed by atoms with Crippen LogP contribution < -0.4 is 0 Å². The summed E-state index contributed by atoms with van der Waals surface area (Å²) >= 11 is 1.24. The van der Waals surface area contributed by atoms with Crippen LogP contribution in [0.5, 0.6) is 0 Å². The van der Waals surface area contributed by atoms with Gasteiger partial charge >= 0.3 is 5.97 Å². The molecule has 0 N–H and O–H groups in total. The van der Waals surface area contributed by atoms with Gasteiger partial charge in [0.15, 0.2) is 4.34 Å². The number of hydrogen-bond donors (Lipinski definition) is 0. The highest BCUT2D eigenvalue weighted by Gasteiger charge is 2.16. The van der Waals surface area contributed by atoms with E-state index in [1.54, 1.807) is 32.2 Å². The molecule has 0 saturated heterocycles. The van der Waals surface area contributed by atoms with Crippen LogP contribution in [0.1, 0.15) is 13.8 Å². The smallest absolute Gasteiger partial charge is 0.319 e. The van der Waals surface area contributed by atoms with Crippen molar-refractivity contribution in [2.75, 3.05) is 5.75 Å². The first-order chi connectivity index (χ1) is 8.56. The van der Waals surface area contributed by atoms with E-state index in [4.69, 9.17) is 4.74 Å². The van der Waals surface area contributed by atoms with Crippen molar-refractivity contribution >= 4 is 38.5 Å². The van der Waals surface area contributed by atoms with Gasteiger partial charge in [0, 0.05) is 6.20 Å². The Morgan fingerprint density at radius 1 is 1.56 bits per heavy atom. The van der Waals surface area contributed by atoms with Crippen LogP contribution in [0.2, 0.25) is 0 Å². The lowest BCUT2D eigenvalue weighted by Crippen LogP contribution is -2.18. The van der Waals surface area contributed by atoms with E-state index >= 15 is 0 Å². The molecule has 2 rings (SSSR count). The predicted octanol–water partition coefficient (Wildman–Crippen LogP) is 1.75. The number of fused-ring (bicyclic) bond motifs is 1. The van der Waals surface area contributed by atoms with Gasteiger partial charge in [-0.2, -0.15) is 0 Å². The third kappa shape index (κ3) is 3.11. The maximum atomic E-state index is 11.9. The number of nitrogens with zero attached hydrogens (tertiary/aromatic N) is 2. The molecule has 2 aromatic rings. The zero-order valence-electron chi connectivity index (χ0n) is 9.95. The van der Waals surface area contributed by atoms with Gasteiger partial charge in [0.05, 0.1) is 16.9 Å². The normalized spacial score (nSPS) is 12.8. The summed E-state index contributed by atoms with van der Waals surface area (Å²) in [5, 5.41) is 0. The first-order valence-corrected chi connectivity index (χ1v) is 7.49. The molecule has 0 aliphatic heterocycles. The van der Waals surface area contributed by atoms with E-state index in [-0.39, 0.29) is 11.9 Å². The highest BCUT2D eigenvalue weighted by atomic mass is 32.2. The maximum absolute atomic E-state index is 11.9. The molecule has 0 radical (unpaired) electrons. The number of esters is 1. The number of carbonyl (C=O) groups excluding carboxylic acids is 1. The molecule has 2 heterocycles. The molecule has 7 heteroatoms. The number of pyridine rings is 1. The highest BCUT2D eigenvalue weighted by Crippen LogP contribution is 2.22. The van der Waals surface area contributed by atoms with E-state index < -0.39 is 16.8 Å². The Kier molecular flexibility index (Phi) is 4.03. The van der Waals surface area contributed by atoms with Gasteiger partial charge in [0.2, 0.25) is 0 Å². The molecule has 1 atom stereocenters. The molecule has 0 aliphatic rings. The van der Waals surface area contributed by atoms with Crippen molar-refractivity contribution < 1.29 is 13.7 Å². The molecule has 0 aromatic carbocycles. The fourth-order valence-electron chi connectivity index (χ4n) is 1.31. The monoisotopic (exact) mass is 284 g/mol. The van der Waals surface area contributed by atoms with Crippen LogP contribution in [0.15, 0.2) is 22.7 Å². The first kappa shape index (κ1) is 13.1. The minimum Gasteiger partial charge on any atom is -0.462 e. The van der Waals surface area contributed by atoms with Crippen molar-refractivity contribution in [3.8, 4) is 0 Å². The Hall–Kier alpha value is -1.34. The SMILES string of the molecule is CC(C)OC(=O)CS(=O)c1nc2cccnc2s1. The quantitative estimate of drug-likeness (QED) is 0.800. The van der Waals surface area contributed by atoms with Gasteiger partial charge in [-0.05, 0) is 26.0 Å². The third-order valence-electron chi connectivity index (χ3n) is 1.96.